The maximum absolute atomic E-state index is 14.0. The topological polar surface area (TPSA) is 69.7 Å². The van der Waals surface area contributed by atoms with Gasteiger partial charge in [0.2, 0.25) is 11.8 Å². The van der Waals surface area contributed by atoms with E-state index in [0.29, 0.717) is 35.0 Å². The standard InChI is InChI=1S/C35H35Cl2N3O3/c1-35(2,3)38-33(42)30(21-23-10-5-4-6-11-23)40(22-24-17-18-27(36)28(37)20-24)31(41)16-9-19-39-29-15-8-13-25-12-7-14-26(32(25)29)34(39)43/h4-8,10-15,17-18,20,30H,9,16,19,21-22H2,1-3H3,(H,38,42)/t30-/m0/s1. The van der Waals surface area contributed by atoms with Gasteiger partial charge < -0.3 is 15.1 Å². The van der Waals surface area contributed by atoms with Crippen molar-refractivity contribution in [2.24, 2.45) is 0 Å². The number of halogens is 2. The van der Waals surface area contributed by atoms with Crippen LogP contribution in [0.4, 0.5) is 5.69 Å². The van der Waals surface area contributed by atoms with Crippen molar-refractivity contribution in [3.8, 4) is 0 Å². The van der Waals surface area contributed by atoms with Gasteiger partial charge in [0.1, 0.15) is 6.04 Å². The number of nitrogens with zero attached hydrogens (tertiary/aromatic N) is 2. The molecule has 0 radical (unpaired) electrons. The molecule has 1 aliphatic rings. The summed E-state index contributed by atoms with van der Waals surface area (Å²) in [6.45, 7) is 6.32. The minimum atomic E-state index is -0.769. The van der Waals surface area contributed by atoms with E-state index >= 15 is 0 Å². The van der Waals surface area contributed by atoms with E-state index in [0.717, 1.165) is 27.6 Å². The number of carbonyl (C=O) groups is 3. The summed E-state index contributed by atoms with van der Waals surface area (Å²) < 4.78 is 0. The molecule has 5 rings (SSSR count). The number of hydrogen-bond donors (Lipinski definition) is 1. The Morgan fingerprint density at radius 3 is 2.30 bits per heavy atom. The molecule has 0 spiro atoms. The fraction of sp³-hybridized carbons (Fsp3) is 0.286. The van der Waals surface area contributed by atoms with Crippen molar-refractivity contribution in [1.29, 1.82) is 0 Å². The van der Waals surface area contributed by atoms with Crippen molar-refractivity contribution in [3.63, 3.8) is 0 Å². The highest BCUT2D eigenvalue weighted by atomic mass is 35.5. The molecule has 0 bridgehead atoms. The van der Waals surface area contributed by atoms with Gasteiger partial charge in [-0.25, -0.2) is 0 Å². The zero-order valence-electron chi connectivity index (χ0n) is 24.6. The fourth-order valence-electron chi connectivity index (χ4n) is 5.57. The maximum atomic E-state index is 14.0. The molecule has 6 nitrogen and oxygen atoms in total. The van der Waals surface area contributed by atoms with Gasteiger partial charge in [-0.2, -0.15) is 0 Å². The molecule has 4 aromatic rings. The first-order valence-corrected chi connectivity index (χ1v) is 15.2. The molecule has 0 aliphatic carbocycles. The van der Waals surface area contributed by atoms with Crippen molar-refractivity contribution in [2.75, 3.05) is 11.4 Å². The lowest BCUT2D eigenvalue weighted by atomic mass is 10.00. The monoisotopic (exact) mass is 615 g/mol. The summed E-state index contributed by atoms with van der Waals surface area (Å²) in [5, 5.41) is 5.84. The van der Waals surface area contributed by atoms with Crippen LogP contribution in [-0.4, -0.2) is 40.7 Å². The first kappa shape index (κ1) is 30.6. The third-order valence-corrected chi connectivity index (χ3v) is 8.27. The first-order chi connectivity index (χ1) is 20.5. The van der Waals surface area contributed by atoms with E-state index in [9.17, 15) is 14.4 Å². The third-order valence-electron chi connectivity index (χ3n) is 7.53. The number of hydrogen-bond acceptors (Lipinski definition) is 3. The molecule has 0 saturated carbocycles. The Hall–Kier alpha value is -3.87. The Balaban J connectivity index is 1.40. The molecule has 0 fully saturated rings. The van der Waals surface area contributed by atoms with Gasteiger partial charge in [0, 0.05) is 42.4 Å². The zero-order valence-corrected chi connectivity index (χ0v) is 26.1. The summed E-state index contributed by atoms with van der Waals surface area (Å²) in [5.41, 5.74) is 2.77. The van der Waals surface area contributed by atoms with Crippen LogP contribution in [0.5, 0.6) is 0 Å². The Bertz CT molecular complexity index is 1660. The number of nitrogens with one attached hydrogen (secondary N) is 1. The van der Waals surface area contributed by atoms with Gasteiger partial charge >= 0.3 is 0 Å². The lowest BCUT2D eigenvalue weighted by molar-refractivity contribution is -0.142. The average Bonchev–Trinajstić information content (AvgIpc) is 3.24. The number of carbonyl (C=O) groups excluding carboxylic acids is 3. The molecule has 222 valence electrons. The quantitative estimate of drug-likeness (QED) is 0.201. The van der Waals surface area contributed by atoms with Crippen molar-refractivity contribution in [1.82, 2.24) is 10.2 Å². The van der Waals surface area contributed by atoms with Gasteiger partial charge in [0.05, 0.1) is 15.7 Å². The smallest absolute Gasteiger partial charge is 0.258 e. The van der Waals surface area contributed by atoms with Crippen LogP contribution in [0.2, 0.25) is 10.0 Å². The molecule has 1 heterocycles. The van der Waals surface area contributed by atoms with Crippen LogP contribution in [0, 0.1) is 0 Å². The first-order valence-electron chi connectivity index (χ1n) is 14.4. The van der Waals surface area contributed by atoms with Gasteiger partial charge in [0.25, 0.3) is 5.91 Å². The lowest BCUT2D eigenvalue weighted by Crippen LogP contribution is -2.54. The molecule has 1 N–H and O–H groups in total. The SMILES string of the molecule is CC(C)(C)NC(=O)[C@H](Cc1ccccc1)N(Cc1ccc(Cl)c(Cl)c1)C(=O)CCCN1C(=O)c2cccc3cccc1c23. The number of benzene rings is 4. The minimum Gasteiger partial charge on any atom is -0.350 e. The van der Waals surface area contributed by atoms with Crippen molar-refractivity contribution >= 4 is 57.4 Å². The van der Waals surface area contributed by atoms with Crippen LogP contribution in [0.1, 0.15) is 55.1 Å². The van der Waals surface area contributed by atoms with Crippen LogP contribution < -0.4 is 10.2 Å². The third kappa shape index (κ3) is 7.03. The van der Waals surface area contributed by atoms with Gasteiger partial charge in [0.15, 0.2) is 0 Å². The van der Waals surface area contributed by atoms with E-state index in [-0.39, 0.29) is 30.7 Å². The van der Waals surface area contributed by atoms with Crippen LogP contribution in [0.15, 0.2) is 84.9 Å². The number of amides is 3. The summed E-state index contributed by atoms with van der Waals surface area (Å²) in [6.07, 6.45) is 0.939. The van der Waals surface area contributed by atoms with Crippen LogP contribution >= 0.6 is 23.2 Å². The van der Waals surface area contributed by atoms with Crippen molar-refractivity contribution < 1.29 is 14.4 Å². The van der Waals surface area contributed by atoms with Crippen molar-refractivity contribution in [2.45, 2.75) is 58.2 Å². The summed E-state index contributed by atoms with van der Waals surface area (Å²) in [6, 6.07) is 25.8. The molecule has 8 heteroatoms. The predicted molar refractivity (Wildman–Crippen MR) is 174 cm³/mol. The van der Waals surface area contributed by atoms with Gasteiger partial charge in [-0.05, 0) is 68.0 Å². The normalized spacial score (nSPS) is 13.3. The molecule has 1 atom stereocenters. The van der Waals surface area contributed by atoms with E-state index in [1.54, 1.807) is 21.9 Å². The highest BCUT2D eigenvalue weighted by Gasteiger charge is 2.33. The Kier molecular flexibility index (Phi) is 9.09. The maximum Gasteiger partial charge on any atom is 0.258 e. The average molecular weight is 617 g/mol. The van der Waals surface area contributed by atoms with E-state index in [4.69, 9.17) is 23.2 Å². The van der Waals surface area contributed by atoms with E-state index in [1.165, 1.54) is 0 Å². The van der Waals surface area contributed by atoms with Crippen molar-refractivity contribution in [3.05, 3.63) is 112 Å². The fourth-order valence-corrected chi connectivity index (χ4v) is 5.90. The summed E-state index contributed by atoms with van der Waals surface area (Å²) in [7, 11) is 0. The number of anilines is 1. The second-order valence-corrected chi connectivity index (χ2v) is 12.8. The van der Waals surface area contributed by atoms with Gasteiger partial charge in [-0.3, -0.25) is 14.4 Å². The summed E-state index contributed by atoms with van der Waals surface area (Å²) in [5.74, 6) is -0.474. The molecular formula is C35H35Cl2N3O3. The van der Waals surface area contributed by atoms with Gasteiger partial charge in [-0.1, -0.05) is 83.9 Å². The van der Waals surface area contributed by atoms with E-state index in [2.05, 4.69) is 5.32 Å². The molecule has 4 aromatic carbocycles. The minimum absolute atomic E-state index is 0.0570. The van der Waals surface area contributed by atoms with Crippen LogP contribution in [0.25, 0.3) is 10.8 Å². The molecule has 3 amide bonds. The molecular weight excluding hydrogens is 581 g/mol. The molecule has 43 heavy (non-hydrogen) atoms. The summed E-state index contributed by atoms with van der Waals surface area (Å²) in [4.78, 5) is 44.5. The van der Waals surface area contributed by atoms with E-state index in [1.807, 2.05) is 93.6 Å². The molecule has 0 unspecified atom stereocenters. The zero-order chi connectivity index (χ0) is 30.7. The van der Waals surface area contributed by atoms with Crippen LogP contribution in [0.3, 0.4) is 0 Å². The second kappa shape index (κ2) is 12.8. The second-order valence-electron chi connectivity index (χ2n) is 12.0. The lowest BCUT2D eigenvalue weighted by Gasteiger charge is -2.34. The number of rotatable bonds is 10. The van der Waals surface area contributed by atoms with E-state index < -0.39 is 11.6 Å². The molecule has 0 saturated heterocycles. The van der Waals surface area contributed by atoms with Crippen LogP contribution in [-0.2, 0) is 22.6 Å². The molecule has 0 aromatic heterocycles. The summed E-state index contributed by atoms with van der Waals surface area (Å²) >= 11 is 12.5. The predicted octanol–water partition coefficient (Wildman–Crippen LogP) is 7.44. The molecule has 1 aliphatic heterocycles. The largest absolute Gasteiger partial charge is 0.350 e. The Morgan fingerprint density at radius 1 is 0.884 bits per heavy atom. The highest BCUT2D eigenvalue weighted by Crippen LogP contribution is 2.37. The van der Waals surface area contributed by atoms with Gasteiger partial charge in [-0.15, -0.1) is 0 Å². The Morgan fingerprint density at radius 2 is 1.60 bits per heavy atom. The Labute approximate surface area is 262 Å². The highest BCUT2D eigenvalue weighted by molar-refractivity contribution is 6.42.